The van der Waals surface area contributed by atoms with Gasteiger partial charge in [0.25, 0.3) is 11.8 Å². The van der Waals surface area contributed by atoms with Gasteiger partial charge in [0.1, 0.15) is 11.4 Å². The second-order valence-electron chi connectivity index (χ2n) is 7.80. The first-order valence-electron chi connectivity index (χ1n) is 9.76. The van der Waals surface area contributed by atoms with E-state index in [1.165, 1.54) is 12.1 Å². The molecule has 9 heteroatoms. The van der Waals surface area contributed by atoms with Crippen molar-refractivity contribution in [3.05, 3.63) is 47.0 Å². The molecule has 4 amide bonds. The van der Waals surface area contributed by atoms with Gasteiger partial charge in [0.05, 0.1) is 5.69 Å². The number of amides is 4. The zero-order chi connectivity index (χ0) is 20.2. The highest BCUT2D eigenvalue weighted by atomic mass is 19.1. The van der Waals surface area contributed by atoms with Gasteiger partial charge in [0.15, 0.2) is 5.69 Å². The largest absolute Gasteiger partial charge is 0.337 e. The molecule has 2 saturated heterocycles. The van der Waals surface area contributed by atoms with E-state index in [9.17, 15) is 18.8 Å². The topological polar surface area (TPSA) is 96.3 Å². The fourth-order valence-corrected chi connectivity index (χ4v) is 4.53. The maximum Gasteiger partial charge on any atom is 0.322 e. The average molecular weight is 397 g/mol. The fourth-order valence-electron chi connectivity index (χ4n) is 4.53. The van der Waals surface area contributed by atoms with Crippen molar-refractivity contribution in [3.63, 3.8) is 0 Å². The first kappa shape index (κ1) is 17.8. The molecule has 1 aromatic heterocycles. The maximum atomic E-state index is 13.3. The molecule has 0 radical (unpaired) electrons. The minimum absolute atomic E-state index is 0.163. The van der Waals surface area contributed by atoms with E-state index >= 15 is 0 Å². The van der Waals surface area contributed by atoms with Crippen LogP contribution in [0.5, 0.6) is 0 Å². The molecule has 150 valence electrons. The molecule has 0 saturated carbocycles. The Hall–Kier alpha value is -3.23. The number of imide groups is 1. The lowest BCUT2D eigenvalue weighted by atomic mass is 9.87. The van der Waals surface area contributed by atoms with Crippen LogP contribution in [0.3, 0.4) is 0 Å². The lowest BCUT2D eigenvalue weighted by Gasteiger charge is -2.36. The number of likely N-dealkylation sites (tertiary alicyclic amines) is 1. The van der Waals surface area contributed by atoms with Crippen LogP contribution in [-0.2, 0) is 17.6 Å². The number of carbonyl (C=O) groups excluding carboxylic acids is 3. The number of urea groups is 1. The maximum absolute atomic E-state index is 13.3. The van der Waals surface area contributed by atoms with Crippen molar-refractivity contribution in [2.24, 2.45) is 0 Å². The Labute approximate surface area is 166 Å². The number of benzene rings is 1. The van der Waals surface area contributed by atoms with Gasteiger partial charge < -0.3 is 10.2 Å². The van der Waals surface area contributed by atoms with Gasteiger partial charge in [-0.15, -0.1) is 0 Å². The molecule has 1 aromatic carbocycles. The number of piperidine rings is 1. The minimum Gasteiger partial charge on any atom is -0.337 e. The summed E-state index contributed by atoms with van der Waals surface area (Å²) in [5, 5.41) is 9.56. The number of rotatable bonds is 2. The van der Waals surface area contributed by atoms with Crippen LogP contribution in [0.15, 0.2) is 24.3 Å². The van der Waals surface area contributed by atoms with Crippen LogP contribution in [0.4, 0.5) is 9.18 Å². The lowest BCUT2D eigenvalue weighted by molar-refractivity contribution is -0.125. The molecule has 5 rings (SSSR count). The van der Waals surface area contributed by atoms with E-state index in [2.05, 4.69) is 15.7 Å². The van der Waals surface area contributed by atoms with Crippen molar-refractivity contribution in [3.8, 4) is 5.69 Å². The van der Waals surface area contributed by atoms with E-state index in [0.717, 1.165) is 36.2 Å². The molecule has 29 heavy (non-hydrogen) atoms. The zero-order valence-corrected chi connectivity index (χ0v) is 15.7. The van der Waals surface area contributed by atoms with E-state index < -0.39 is 11.6 Å². The number of fused-ring (bicyclic) bond motifs is 1. The first-order chi connectivity index (χ1) is 14.0. The standard InChI is InChI=1S/C20H20FN5O3/c21-12-4-6-13(7-5-12)26-15-3-1-2-14(15)16(24-26)17(27)25-10-8-20(9-11-25)18(28)22-19(29)23-20/h4-7H,1-3,8-11H2,(H2,22,23,28,29). The van der Waals surface area contributed by atoms with E-state index in [1.54, 1.807) is 21.7 Å². The third-order valence-electron chi connectivity index (χ3n) is 6.12. The number of hydrogen-bond donors (Lipinski definition) is 2. The predicted molar refractivity (Wildman–Crippen MR) is 100 cm³/mol. The lowest BCUT2D eigenvalue weighted by Crippen LogP contribution is -2.55. The van der Waals surface area contributed by atoms with Crippen LogP contribution in [0, 0.1) is 5.82 Å². The Balaban J connectivity index is 1.40. The summed E-state index contributed by atoms with van der Waals surface area (Å²) in [6.07, 6.45) is 3.30. The number of halogens is 1. The second-order valence-corrected chi connectivity index (χ2v) is 7.80. The summed E-state index contributed by atoms with van der Waals surface area (Å²) < 4.78 is 15.0. The van der Waals surface area contributed by atoms with E-state index in [4.69, 9.17) is 0 Å². The summed E-state index contributed by atoms with van der Waals surface area (Å²) in [6, 6.07) is 5.59. The van der Waals surface area contributed by atoms with Gasteiger partial charge in [-0.1, -0.05) is 0 Å². The molecule has 1 spiro atoms. The Morgan fingerprint density at radius 2 is 1.83 bits per heavy atom. The van der Waals surface area contributed by atoms with Crippen molar-refractivity contribution >= 4 is 17.8 Å². The summed E-state index contributed by atoms with van der Waals surface area (Å²) in [5.74, 6) is -0.807. The molecular weight excluding hydrogens is 377 g/mol. The predicted octanol–water partition coefficient (Wildman–Crippen LogP) is 1.31. The van der Waals surface area contributed by atoms with Crippen LogP contribution < -0.4 is 10.6 Å². The van der Waals surface area contributed by atoms with E-state index in [-0.39, 0.29) is 17.6 Å². The van der Waals surface area contributed by atoms with E-state index in [1.807, 2.05) is 0 Å². The van der Waals surface area contributed by atoms with E-state index in [0.29, 0.717) is 31.6 Å². The van der Waals surface area contributed by atoms with Crippen LogP contribution in [-0.4, -0.2) is 51.2 Å². The van der Waals surface area contributed by atoms with Gasteiger partial charge in [-0.05, 0) is 56.4 Å². The highest BCUT2D eigenvalue weighted by molar-refractivity contribution is 6.07. The molecule has 3 heterocycles. The average Bonchev–Trinajstić information content (AvgIpc) is 3.38. The molecule has 0 unspecified atom stereocenters. The normalized spacial score (nSPS) is 20.0. The van der Waals surface area contributed by atoms with Gasteiger partial charge in [-0.25, -0.2) is 13.9 Å². The van der Waals surface area contributed by atoms with Gasteiger partial charge in [-0.3, -0.25) is 14.9 Å². The number of carbonyl (C=O) groups is 3. The molecule has 2 aliphatic heterocycles. The van der Waals surface area contributed by atoms with Crippen molar-refractivity contribution in [1.82, 2.24) is 25.3 Å². The smallest absolute Gasteiger partial charge is 0.322 e. The molecular formula is C20H20FN5O3. The van der Waals surface area contributed by atoms with Gasteiger partial charge in [0, 0.05) is 24.3 Å². The highest BCUT2D eigenvalue weighted by Crippen LogP contribution is 2.31. The van der Waals surface area contributed by atoms with Crippen molar-refractivity contribution in [2.75, 3.05) is 13.1 Å². The SMILES string of the molecule is O=C1NC(=O)C2(CCN(C(=O)c3nn(-c4ccc(F)cc4)c4c3CCC4)CC2)N1. The highest BCUT2D eigenvalue weighted by Gasteiger charge is 2.48. The summed E-state index contributed by atoms with van der Waals surface area (Å²) in [7, 11) is 0. The van der Waals surface area contributed by atoms with Gasteiger partial charge in [0.2, 0.25) is 0 Å². The number of nitrogens with zero attached hydrogens (tertiary/aromatic N) is 3. The summed E-state index contributed by atoms with van der Waals surface area (Å²) in [5.41, 5.74) is 2.19. The number of nitrogens with one attached hydrogen (secondary N) is 2. The number of hydrogen-bond acceptors (Lipinski definition) is 4. The molecule has 2 fully saturated rings. The molecule has 1 aliphatic carbocycles. The Kier molecular flexibility index (Phi) is 3.94. The number of aromatic nitrogens is 2. The van der Waals surface area contributed by atoms with Crippen molar-refractivity contribution < 1.29 is 18.8 Å². The van der Waals surface area contributed by atoms with Crippen molar-refractivity contribution in [1.29, 1.82) is 0 Å². The van der Waals surface area contributed by atoms with Crippen LogP contribution in [0.2, 0.25) is 0 Å². The monoisotopic (exact) mass is 397 g/mol. The minimum atomic E-state index is -0.913. The first-order valence-corrected chi connectivity index (χ1v) is 9.76. The molecule has 0 atom stereocenters. The second kappa shape index (κ2) is 6.40. The van der Waals surface area contributed by atoms with Crippen molar-refractivity contribution in [2.45, 2.75) is 37.6 Å². The third-order valence-corrected chi connectivity index (χ3v) is 6.12. The third kappa shape index (κ3) is 2.80. The quantitative estimate of drug-likeness (QED) is 0.747. The Morgan fingerprint density at radius 1 is 1.10 bits per heavy atom. The molecule has 3 aliphatic rings. The van der Waals surface area contributed by atoms with Crippen LogP contribution in [0.25, 0.3) is 5.69 Å². The van der Waals surface area contributed by atoms with Crippen LogP contribution >= 0.6 is 0 Å². The van der Waals surface area contributed by atoms with Gasteiger partial charge >= 0.3 is 6.03 Å². The van der Waals surface area contributed by atoms with Gasteiger partial charge in [-0.2, -0.15) is 5.10 Å². The van der Waals surface area contributed by atoms with Crippen LogP contribution in [0.1, 0.15) is 41.0 Å². The fraction of sp³-hybridized carbons (Fsp3) is 0.400. The Bertz CT molecular complexity index is 1020. The molecule has 0 bridgehead atoms. The summed E-state index contributed by atoms with van der Waals surface area (Å²) in [6.45, 7) is 0.732. The summed E-state index contributed by atoms with van der Waals surface area (Å²) in [4.78, 5) is 38.5. The Morgan fingerprint density at radius 3 is 2.48 bits per heavy atom. The molecule has 2 N–H and O–H groups in total. The molecule has 8 nitrogen and oxygen atoms in total. The summed E-state index contributed by atoms with van der Waals surface area (Å²) >= 11 is 0. The molecule has 2 aromatic rings. The zero-order valence-electron chi connectivity index (χ0n) is 15.7.